The van der Waals surface area contributed by atoms with Crippen LogP contribution in [-0.4, -0.2) is 34.8 Å². The van der Waals surface area contributed by atoms with Crippen LogP contribution in [0.25, 0.3) is 0 Å². The number of alkyl halides is 3. The van der Waals surface area contributed by atoms with E-state index in [1.54, 1.807) is 6.92 Å². The van der Waals surface area contributed by atoms with Gasteiger partial charge in [0.05, 0.1) is 12.6 Å². The van der Waals surface area contributed by atoms with E-state index >= 15 is 0 Å². The minimum atomic E-state index is -4.65. The van der Waals surface area contributed by atoms with Crippen molar-refractivity contribution in [3.05, 3.63) is 17.0 Å². The maximum Gasteiger partial charge on any atom is 0.451 e. The lowest BCUT2D eigenvalue weighted by atomic mass is 10.3. The Morgan fingerprint density at radius 3 is 2.53 bits per heavy atom. The number of aliphatic hydroxyl groups is 1. The van der Waals surface area contributed by atoms with E-state index in [2.05, 4.69) is 9.97 Å². The lowest BCUT2D eigenvalue weighted by molar-refractivity contribution is -0.144. The van der Waals surface area contributed by atoms with Crippen molar-refractivity contribution in [2.45, 2.75) is 19.1 Å². The van der Waals surface area contributed by atoms with Gasteiger partial charge in [-0.2, -0.15) is 13.2 Å². The lowest BCUT2D eigenvalue weighted by Crippen LogP contribution is -2.33. The molecule has 0 aliphatic rings. The molecule has 1 aromatic rings. The summed E-state index contributed by atoms with van der Waals surface area (Å²) < 4.78 is 37.3. The third kappa shape index (κ3) is 3.44. The van der Waals surface area contributed by atoms with Gasteiger partial charge in [-0.05, 0) is 6.92 Å². The van der Waals surface area contributed by atoms with Crippen LogP contribution in [0, 0.1) is 0 Å². The van der Waals surface area contributed by atoms with Gasteiger partial charge in [-0.3, -0.25) is 0 Å². The Hall–Kier alpha value is -1.08. The van der Waals surface area contributed by atoms with Gasteiger partial charge >= 0.3 is 6.18 Å². The first kappa shape index (κ1) is 14.0. The summed E-state index contributed by atoms with van der Waals surface area (Å²) in [5.41, 5.74) is 0. The van der Waals surface area contributed by atoms with Gasteiger partial charge in [0, 0.05) is 13.1 Å². The van der Waals surface area contributed by atoms with Gasteiger partial charge in [-0.25, -0.2) is 9.97 Å². The maximum atomic E-state index is 12.4. The second kappa shape index (κ2) is 5.05. The number of halogens is 4. The molecule has 1 heterocycles. The van der Waals surface area contributed by atoms with E-state index in [4.69, 9.17) is 16.7 Å². The SMILES string of the molecule is CC(CO)N(C)c1cc(Cl)nc(C(F)(F)F)n1. The first-order valence-corrected chi connectivity index (χ1v) is 5.09. The second-order valence-electron chi connectivity index (χ2n) is 3.51. The van der Waals surface area contributed by atoms with Crippen molar-refractivity contribution < 1.29 is 18.3 Å². The molecule has 96 valence electrons. The average Bonchev–Trinajstić information content (AvgIpc) is 2.25. The van der Waals surface area contributed by atoms with Crippen LogP contribution in [0.3, 0.4) is 0 Å². The van der Waals surface area contributed by atoms with Gasteiger partial charge in [0.1, 0.15) is 11.0 Å². The van der Waals surface area contributed by atoms with Gasteiger partial charge < -0.3 is 10.0 Å². The smallest absolute Gasteiger partial charge is 0.394 e. The highest BCUT2D eigenvalue weighted by molar-refractivity contribution is 6.29. The Morgan fingerprint density at radius 2 is 2.06 bits per heavy atom. The Labute approximate surface area is 101 Å². The molecular weight excluding hydrogens is 259 g/mol. The van der Waals surface area contributed by atoms with E-state index in [-0.39, 0.29) is 23.6 Å². The van der Waals surface area contributed by atoms with Crippen LogP contribution in [0.1, 0.15) is 12.7 Å². The molecule has 0 fully saturated rings. The second-order valence-corrected chi connectivity index (χ2v) is 3.90. The molecule has 0 aliphatic heterocycles. The summed E-state index contributed by atoms with van der Waals surface area (Å²) in [5, 5.41) is 8.63. The van der Waals surface area contributed by atoms with E-state index in [0.717, 1.165) is 0 Å². The Morgan fingerprint density at radius 1 is 1.47 bits per heavy atom. The number of aromatic nitrogens is 2. The third-order valence-corrected chi connectivity index (χ3v) is 2.42. The summed E-state index contributed by atoms with van der Waals surface area (Å²) in [6, 6.07) is 0.838. The minimum Gasteiger partial charge on any atom is -0.394 e. The number of rotatable bonds is 3. The van der Waals surface area contributed by atoms with Gasteiger partial charge in [-0.15, -0.1) is 0 Å². The van der Waals surface area contributed by atoms with Crippen molar-refractivity contribution in [2.75, 3.05) is 18.6 Å². The molecule has 0 saturated heterocycles. The van der Waals surface area contributed by atoms with Gasteiger partial charge in [-0.1, -0.05) is 11.6 Å². The van der Waals surface area contributed by atoms with Crippen molar-refractivity contribution in [2.24, 2.45) is 0 Å². The van der Waals surface area contributed by atoms with Crippen LogP contribution in [0.4, 0.5) is 19.0 Å². The summed E-state index contributed by atoms with van der Waals surface area (Å²) >= 11 is 5.51. The monoisotopic (exact) mass is 269 g/mol. The predicted molar refractivity (Wildman–Crippen MR) is 57.0 cm³/mol. The summed E-state index contributed by atoms with van der Waals surface area (Å²) in [5.74, 6) is -1.28. The summed E-state index contributed by atoms with van der Waals surface area (Å²) in [7, 11) is 1.51. The third-order valence-electron chi connectivity index (χ3n) is 2.22. The zero-order chi connectivity index (χ0) is 13.2. The predicted octanol–water partition coefficient (Wildman–Crippen LogP) is 1.97. The quantitative estimate of drug-likeness (QED) is 0.853. The molecular formula is C9H11ClF3N3O. The number of hydrogen-bond acceptors (Lipinski definition) is 4. The summed E-state index contributed by atoms with van der Waals surface area (Å²) in [6.07, 6.45) is -4.65. The van der Waals surface area contributed by atoms with Crippen LogP contribution in [-0.2, 0) is 6.18 Å². The molecule has 1 aromatic heterocycles. The minimum absolute atomic E-state index is 0.0128. The fraction of sp³-hybridized carbons (Fsp3) is 0.556. The maximum absolute atomic E-state index is 12.4. The van der Waals surface area contributed by atoms with Gasteiger partial charge in [0.2, 0.25) is 5.82 Å². The normalized spacial score (nSPS) is 13.6. The van der Waals surface area contributed by atoms with Crippen molar-refractivity contribution in [1.29, 1.82) is 0 Å². The van der Waals surface area contributed by atoms with Gasteiger partial charge in [0.15, 0.2) is 0 Å². The Balaban J connectivity index is 3.14. The van der Waals surface area contributed by atoms with Crippen LogP contribution >= 0.6 is 11.6 Å². The van der Waals surface area contributed by atoms with Gasteiger partial charge in [0.25, 0.3) is 0 Å². The van der Waals surface area contributed by atoms with Crippen molar-refractivity contribution in [3.8, 4) is 0 Å². The number of likely N-dealkylation sites (N-methyl/N-ethyl adjacent to an activating group) is 1. The average molecular weight is 270 g/mol. The van der Waals surface area contributed by atoms with Crippen LogP contribution < -0.4 is 4.90 Å². The first-order valence-electron chi connectivity index (χ1n) is 4.71. The lowest BCUT2D eigenvalue weighted by Gasteiger charge is -2.24. The zero-order valence-corrected chi connectivity index (χ0v) is 9.92. The molecule has 4 nitrogen and oxygen atoms in total. The molecule has 0 bridgehead atoms. The van der Waals surface area contributed by atoms with Crippen molar-refractivity contribution in [3.63, 3.8) is 0 Å². The fourth-order valence-electron chi connectivity index (χ4n) is 1.06. The highest BCUT2D eigenvalue weighted by Gasteiger charge is 2.35. The van der Waals surface area contributed by atoms with E-state index in [9.17, 15) is 13.2 Å². The molecule has 0 radical (unpaired) electrons. The highest BCUT2D eigenvalue weighted by atomic mass is 35.5. The largest absolute Gasteiger partial charge is 0.451 e. The molecule has 1 rings (SSSR count). The van der Waals surface area contributed by atoms with Crippen LogP contribution in [0.5, 0.6) is 0 Å². The van der Waals surface area contributed by atoms with E-state index < -0.39 is 12.0 Å². The van der Waals surface area contributed by atoms with Crippen molar-refractivity contribution in [1.82, 2.24) is 9.97 Å². The highest BCUT2D eigenvalue weighted by Crippen LogP contribution is 2.29. The molecule has 0 aromatic carbocycles. The zero-order valence-electron chi connectivity index (χ0n) is 9.16. The summed E-state index contributed by atoms with van der Waals surface area (Å²) in [4.78, 5) is 7.87. The Kier molecular flexibility index (Phi) is 4.16. The standard InChI is InChI=1S/C9H11ClF3N3O/c1-5(4-17)16(2)7-3-6(10)14-8(15-7)9(11,12)13/h3,5,17H,4H2,1-2H3. The number of anilines is 1. The molecule has 17 heavy (non-hydrogen) atoms. The van der Waals surface area contributed by atoms with E-state index in [1.165, 1.54) is 18.0 Å². The van der Waals surface area contributed by atoms with Crippen molar-refractivity contribution >= 4 is 17.4 Å². The molecule has 1 unspecified atom stereocenters. The van der Waals surface area contributed by atoms with Crippen LogP contribution in [0.2, 0.25) is 5.15 Å². The first-order chi connectivity index (χ1) is 7.75. The molecule has 0 saturated carbocycles. The van der Waals surface area contributed by atoms with E-state index in [1.807, 2.05) is 0 Å². The molecule has 0 spiro atoms. The number of aliphatic hydroxyl groups excluding tert-OH is 1. The molecule has 1 atom stereocenters. The number of hydrogen-bond donors (Lipinski definition) is 1. The summed E-state index contributed by atoms with van der Waals surface area (Å²) in [6.45, 7) is 1.43. The molecule has 8 heteroatoms. The van der Waals surface area contributed by atoms with Crippen LogP contribution in [0.15, 0.2) is 6.07 Å². The fourth-order valence-corrected chi connectivity index (χ4v) is 1.24. The topological polar surface area (TPSA) is 49.2 Å². The molecule has 0 amide bonds. The Bertz CT molecular complexity index is 400. The molecule has 0 aliphatic carbocycles. The number of nitrogens with zero attached hydrogens (tertiary/aromatic N) is 3. The molecule has 1 N–H and O–H groups in total. The van der Waals surface area contributed by atoms with E-state index in [0.29, 0.717) is 0 Å².